The van der Waals surface area contributed by atoms with Crippen LogP contribution in [0.1, 0.15) is 6.42 Å². The summed E-state index contributed by atoms with van der Waals surface area (Å²) in [7, 11) is 3.41. The molecule has 0 saturated carbocycles. The van der Waals surface area contributed by atoms with Crippen molar-refractivity contribution in [2.24, 2.45) is 0 Å². The van der Waals surface area contributed by atoms with Crippen LogP contribution in [0.15, 0.2) is 30.3 Å². The van der Waals surface area contributed by atoms with Gasteiger partial charge in [0.1, 0.15) is 6.04 Å². The first kappa shape index (κ1) is 16.5. The SMILES string of the molecule is CNCC(=O)N(C)C1CCN(c2ccccc2)C1=O.Cl. The fourth-order valence-corrected chi connectivity index (χ4v) is 2.34. The number of benzene rings is 1. The van der Waals surface area contributed by atoms with E-state index >= 15 is 0 Å². The first-order valence-electron chi connectivity index (χ1n) is 6.42. The number of amides is 2. The molecule has 2 amide bonds. The molecule has 5 nitrogen and oxygen atoms in total. The summed E-state index contributed by atoms with van der Waals surface area (Å²) in [4.78, 5) is 27.5. The Labute approximate surface area is 125 Å². The number of carbonyl (C=O) groups excluding carboxylic acids is 2. The topological polar surface area (TPSA) is 52.7 Å². The second-order valence-electron chi connectivity index (χ2n) is 4.66. The van der Waals surface area contributed by atoms with E-state index in [9.17, 15) is 9.59 Å². The summed E-state index contributed by atoms with van der Waals surface area (Å²) in [5.41, 5.74) is 0.893. The Kier molecular flexibility index (Phi) is 5.98. The second-order valence-corrected chi connectivity index (χ2v) is 4.66. The standard InChI is InChI=1S/C14H19N3O2.ClH/c1-15-10-13(18)16(2)12-8-9-17(14(12)19)11-6-4-3-5-7-11;/h3-7,12,15H,8-10H2,1-2H3;1H. The highest BCUT2D eigenvalue weighted by Crippen LogP contribution is 2.23. The van der Waals surface area contributed by atoms with Gasteiger partial charge < -0.3 is 15.1 Å². The Morgan fingerprint density at radius 3 is 2.65 bits per heavy atom. The molecule has 1 aliphatic heterocycles. The number of nitrogens with one attached hydrogen (secondary N) is 1. The van der Waals surface area contributed by atoms with E-state index in [1.165, 1.54) is 0 Å². The molecule has 1 aromatic rings. The monoisotopic (exact) mass is 297 g/mol. The molecular weight excluding hydrogens is 278 g/mol. The summed E-state index contributed by atoms with van der Waals surface area (Å²) in [5.74, 6) is -0.0612. The van der Waals surface area contributed by atoms with E-state index in [1.807, 2.05) is 30.3 Å². The van der Waals surface area contributed by atoms with E-state index in [0.29, 0.717) is 13.0 Å². The molecule has 1 unspecified atom stereocenters. The summed E-state index contributed by atoms with van der Waals surface area (Å²) in [6.45, 7) is 0.913. The number of anilines is 1. The van der Waals surface area contributed by atoms with Gasteiger partial charge in [-0.2, -0.15) is 0 Å². The van der Waals surface area contributed by atoms with Crippen molar-refractivity contribution >= 4 is 29.9 Å². The van der Waals surface area contributed by atoms with Gasteiger partial charge in [0.25, 0.3) is 0 Å². The summed E-state index contributed by atoms with van der Waals surface area (Å²) >= 11 is 0. The third-order valence-electron chi connectivity index (χ3n) is 3.43. The van der Waals surface area contributed by atoms with E-state index in [-0.39, 0.29) is 36.8 Å². The third kappa shape index (κ3) is 3.29. The fourth-order valence-electron chi connectivity index (χ4n) is 2.34. The normalized spacial score (nSPS) is 17.8. The Morgan fingerprint density at radius 1 is 1.40 bits per heavy atom. The van der Waals surface area contributed by atoms with Crippen molar-refractivity contribution in [2.75, 3.05) is 32.1 Å². The highest BCUT2D eigenvalue weighted by molar-refractivity contribution is 6.01. The average Bonchev–Trinajstić information content (AvgIpc) is 2.81. The van der Waals surface area contributed by atoms with Gasteiger partial charge in [-0.05, 0) is 25.6 Å². The molecule has 0 aromatic heterocycles. The van der Waals surface area contributed by atoms with Crippen molar-refractivity contribution < 1.29 is 9.59 Å². The molecule has 1 aromatic carbocycles. The van der Waals surface area contributed by atoms with E-state index in [4.69, 9.17) is 0 Å². The molecule has 1 atom stereocenters. The van der Waals surface area contributed by atoms with Crippen molar-refractivity contribution in [3.8, 4) is 0 Å². The minimum absolute atomic E-state index is 0. The van der Waals surface area contributed by atoms with Crippen LogP contribution in [0.5, 0.6) is 0 Å². The van der Waals surface area contributed by atoms with Crippen molar-refractivity contribution in [1.82, 2.24) is 10.2 Å². The van der Waals surface area contributed by atoms with Gasteiger partial charge in [0, 0.05) is 19.3 Å². The van der Waals surface area contributed by atoms with Gasteiger partial charge in [0.05, 0.1) is 6.54 Å². The quantitative estimate of drug-likeness (QED) is 0.898. The minimum atomic E-state index is -0.346. The zero-order chi connectivity index (χ0) is 13.8. The Hall–Kier alpha value is -1.59. The zero-order valence-electron chi connectivity index (χ0n) is 11.7. The van der Waals surface area contributed by atoms with E-state index in [1.54, 1.807) is 23.9 Å². The van der Waals surface area contributed by atoms with Crippen LogP contribution in [0.2, 0.25) is 0 Å². The van der Waals surface area contributed by atoms with Gasteiger partial charge in [0.2, 0.25) is 11.8 Å². The first-order chi connectivity index (χ1) is 9.15. The molecular formula is C14H20ClN3O2. The Balaban J connectivity index is 0.00000200. The Morgan fingerprint density at radius 2 is 2.05 bits per heavy atom. The molecule has 0 aliphatic carbocycles. The predicted molar refractivity (Wildman–Crippen MR) is 81.1 cm³/mol. The maximum atomic E-state index is 12.4. The van der Waals surface area contributed by atoms with Crippen LogP contribution in [-0.2, 0) is 9.59 Å². The van der Waals surface area contributed by atoms with Crippen molar-refractivity contribution in [1.29, 1.82) is 0 Å². The lowest BCUT2D eigenvalue weighted by Gasteiger charge is -2.24. The van der Waals surface area contributed by atoms with Crippen molar-refractivity contribution in [3.63, 3.8) is 0 Å². The van der Waals surface area contributed by atoms with E-state index in [2.05, 4.69) is 5.32 Å². The van der Waals surface area contributed by atoms with E-state index < -0.39 is 0 Å². The molecule has 0 spiro atoms. The highest BCUT2D eigenvalue weighted by Gasteiger charge is 2.36. The lowest BCUT2D eigenvalue weighted by atomic mass is 10.2. The predicted octanol–water partition coefficient (Wildman–Crippen LogP) is 0.891. The summed E-state index contributed by atoms with van der Waals surface area (Å²) in [6.07, 6.45) is 0.680. The maximum Gasteiger partial charge on any atom is 0.249 e. The van der Waals surface area contributed by atoms with Crippen LogP contribution in [-0.4, -0.2) is 49.9 Å². The zero-order valence-corrected chi connectivity index (χ0v) is 12.5. The molecule has 110 valence electrons. The summed E-state index contributed by atoms with van der Waals surface area (Å²) < 4.78 is 0. The molecule has 20 heavy (non-hydrogen) atoms. The third-order valence-corrected chi connectivity index (χ3v) is 3.43. The van der Waals surface area contributed by atoms with Crippen LogP contribution < -0.4 is 10.2 Å². The summed E-state index contributed by atoms with van der Waals surface area (Å²) in [5, 5.41) is 2.81. The number of hydrogen-bond donors (Lipinski definition) is 1. The molecule has 2 rings (SSSR count). The van der Waals surface area contributed by atoms with Gasteiger partial charge >= 0.3 is 0 Å². The minimum Gasteiger partial charge on any atom is -0.333 e. The molecule has 6 heteroatoms. The fraction of sp³-hybridized carbons (Fsp3) is 0.429. The molecule has 1 N–H and O–H groups in total. The van der Waals surface area contributed by atoms with Crippen molar-refractivity contribution in [3.05, 3.63) is 30.3 Å². The first-order valence-corrected chi connectivity index (χ1v) is 6.42. The van der Waals surface area contributed by atoms with Crippen molar-refractivity contribution in [2.45, 2.75) is 12.5 Å². The van der Waals surface area contributed by atoms with Gasteiger partial charge in [-0.15, -0.1) is 12.4 Å². The van der Waals surface area contributed by atoms with Crippen LogP contribution >= 0.6 is 12.4 Å². The number of para-hydroxylation sites is 1. The summed E-state index contributed by atoms with van der Waals surface area (Å²) in [6, 6.07) is 9.22. The molecule has 1 fully saturated rings. The van der Waals surface area contributed by atoms with Crippen LogP contribution in [0, 0.1) is 0 Å². The number of halogens is 1. The number of carbonyl (C=O) groups is 2. The number of rotatable bonds is 4. The maximum absolute atomic E-state index is 12.4. The molecule has 1 heterocycles. The lowest BCUT2D eigenvalue weighted by Crippen LogP contribution is -2.45. The molecule has 0 bridgehead atoms. The highest BCUT2D eigenvalue weighted by atomic mass is 35.5. The van der Waals surface area contributed by atoms with Gasteiger partial charge in [0.15, 0.2) is 0 Å². The number of nitrogens with zero attached hydrogens (tertiary/aromatic N) is 2. The second kappa shape index (κ2) is 7.26. The molecule has 1 saturated heterocycles. The van der Waals surface area contributed by atoms with Gasteiger partial charge in [-0.1, -0.05) is 18.2 Å². The largest absolute Gasteiger partial charge is 0.333 e. The number of likely N-dealkylation sites (N-methyl/N-ethyl adjacent to an activating group) is 2. The van der Waals surface area contributed by atoms with Crippen LogP contribution in [0.4, 0.5) is 5.69 Å². The molecule has 1 aliphatic rings. The lowest BCUT2D eigenvalue weighted by molar-refractivity contribution is -0.135. The van der Waals surface area contributed by atoms with Crippen LogP contribution in [0.3, 0.4) is 0 Å². The van der Waals surface area contributed by atoms with E-state index in [0.717, 1.165) is 5.69 Å². The average molecular weight is 298 g/mol. The van der Waals surface area contributed by atoms with Gasteiger partial charge in [-0.25, -0.2) is 0 Å². The van der Waals surface area contributed by atoms with Gasteiger partial charge in [-0.3, -0.25) is 9.59 Å². The Bertz CT molecular complexity index is 467. The van der Waals surface area contributed by atoms with Crippen LogP contribution in [0.25, 0.3) is 0 Å². The smallest absolute Gasteiger partial charge is 0.249 e. The molecule has 0 radical (unpaired) electrons. The number of hydrogen-bond acceptors (Lipinski definition) is 3.